The van der Waals surface area contributed by atoms with E-state index in [0.29, 0.717) is 19.7 Å². The number of imidazole rings is 1. The molecule has 118 valence electrons. The van der Waals surface area contributed by atoms with E-state index < -0.39 is 0 Å². The van der Waals surface area contributed by atoms with Gasteiger partial charge >= 0.3 is 0 Å². The van der Waals surface area contributed by atoms with Gasteiger partial charge in [0.1, 0.15) is 0 Å². The molecule has 0 spiro atoms. The van der Waals surface area contributed by atoms with Crippen LogP contribution in [0.15, 0.2) is 12.4 Å². The third-order valence-electron chi connectivity index (χ3n) is 4.27. The minimum absolute atomic E-state index is 0.0549. The van der Waals surface area contributed by atoms with E-state index in [4.69, 9.17) is 4.74 Å². The molecule has 1 aliphatic heterocycles. The number of aromatic amines is 1. The number of carbonyl (C=O) groups is 1. The maximum absolute atomic E-state index is 12.8. The summed E-state index contributed by atoms with van der Waals surface area (Å²) >= 11 is 0. The molecule has 2 aromatic rings. The predicted molar refractivity (Wildman–Crippen MR) is 82.8 cm³/mol. The molecule has 22 heavy (non-hydrogen) atoms. The average Bonchev–Trinajstić information content (AvgIpc) is 3.01. The number of nitrogens with one attached hydrogen (secondary N) is 1. The van der Waals surface area contributed by atoms with E-state index in [2.05, 4.69) is 9.97 Å². The summed E-state index contributed by atoms with van der Waals surface area (Å²) in [4.78, 5) is 22.3. The van der Waals surface area contributed by atoms with Gasteiger partial charge in [-0.1, -0.05) is 0 Å². The zero-order valence-corrected chi connectivity index (χ0v) is 13.5. The molecule has 0 radical (unpaired) electrons. The zero-order chi connectivity index (χ0) is 15.9. The van der Waals surface area contributed by atoms with Gasteiger partial charge in [-0.3, -0.25) is 4.79 Å². The van der Waals surface area contributed by atoms with Crippen molar-refractivity contribution in [2.75, 3.05) is 20.3 Å². The molecule has 1 amide bonds. The third kappa shape index (κ3) is 2.43. The largest absolute Gasteiger partial charge is 0.384 e. The van der Waals surface area contributed by atoms with Gasteiger partial charge in [0.15, 0.2) is 0 Å². The molecule has 3 heterocycles. The fraction of sp³-hybridized carbons (Fsp3) is 0.500. The number of aryl methyl sites for hydroxylation is 3. The third-order valence-corrected chi connectivity index (χ3v) is 4.27. The molecule has 6 heteroatoms. The number of carbonyl (C=O) groups excluding carboxylic acids is 1. The van der Waals surface area contributed by atoms with Gasteiger partial charge in [0.2, 0.25) is 0 Å². The molecule has 6 nitrogen and oxygen atoms in total. The average molecular weight is 302 g/mol. The Morgan fingerprint density at radius 3 is 2.91 bits per heavy atom. The zero-order valence-electron chi connectivity index (χ0n) is 13.5. The molecular weight excluding hydrogens is 280 g/mol. The summed E-state index contributed by atoms with van der Waals surface area (Å²) < 4.78 is 7.37. The van der Waals surface area contributed by atoms with Gasteiger partial charge in [-0.25, -0.2) is 4.98 Å². The van der Waals surface area contributed by atoms with Gasteiger partial charge in [0.05, 0.1) is 30.7 Å². The lowest BCUT2D eigenvalue weighted by Crippen LogP contribution is -2.40. The number of H-pyrrole nitrogens is 1. The molecular formula is C16H22N4O2. The summed E-state index contributed by atoms with van der Waals surface area (Å²) in [6, 6.07) is 1.91. The molecule has 3 rings (SSSR count). The second kappa shape index (κ2) is 5.61. The topological polar surface area (TPSA) is 63.1 Å². The Hall–Kier alpha value is -2.08. The quantitative estimate of drug-likeness (QED) is 0.939. The number of nitrogens with zero attached hydrogens (tertiary/aromatic N) is 3. The van der Waals surface area contributed by atoms with Crippen LogP contribution in [-0.2, 0) is 18.3 Å². The van der Waals surface area contributed by atoms with E-state index in [9.17, 15) is 4.79 Å². The van der Waals surface area contributed by atoms with E-state index in [1.165, 1.54) is 5.69 Å². The molecule has 0 fully saturated rings. The number of ether oxygens (including phenoxy) is 1. The number of amides is 1. The van der Waals surface area contributed by atoms with Crippen LogP contribution in [0, 0.1) is 13.8 Å². The SMILES string of the molecule is COCC1CN(C(=O)c2cc(C)[nH]c2C)Cc2ncn(C)c21. The first-order valence-corrected chi connectivity index (χ1v) is 7.45. The van der Waals surface area contributed by atoms with Crippen molar-refractivity contribution >= 4 is 5.91 Å². The monoisotopic (exact) mass is 302 g/mol. The van der Waals surface area contributed by atoms with Crippen molar-refractivity contribution in [2.45, 2.75) is 26.3 Å². The lowest BCUT2D eigenvalue weighted by atomic mass is 9.98. The summed E-state index contributed by atoms with van der Waals surface area (Å²) in [6.07, 6.45) is 1.81. The van der Waals surface area contributed by atoms with Gasteiger partial charge in [-0.2, -0.15) is 0 Å². The van der Waals surface area contributed by atoms with Crippen LogP contribution in [0.2, 0.25) is 0 Å². The van der Waals surface area contributed by atoms with Crippen molar-refractivity contribution in [3.63, 3.8) is 0 Å². The lowest BCUT2D eigenvalue weighted by molar-refractivity contribution is 0.0672. The van der Waals surface area contributed by atoms with Crippen LogP contribution < -0.4 is 0 Å². The fourth-order valence-electron chi connectivity index (χ4n) is 3.34. The molecule has 2 aromatic heterocycles. The minimum atomic E-state index is 0.0549. The van der Waals surface area contributed by atoms with Crippen molar-refractivity contribution in [2.24, 2.45) is 7.05 Å². The van der Waals surface area contributed by atoms with Crippen LogP contribution in [0.3, 0.4) is 0 Å². The minimum Gasteiger partial charge on any atom is -0.384 e. The van der Waals surface area contributed by atoms with E-state index in [-0.39, 0.29) is 11.8 Å². The molecule has 1 N–H and O–H groups in total. The molecule has 1 atom stereocenters. The second-order valence-corrected chi connectivity index (χ2v) is 6.02. The second-order valence-electron chi connectivity index (χ2n) is 6.02. The Kier molecular flexibility index (Phi) is 3.78. The summed E-state index contributed by atoms with van der Waals surface area (Å²) in [7, 11) is 3.68. The van der Waals surface area contributed by atoms with Gasteiger partial charge in [0.25, 0.3) is 5.91 Å². The Bertz CT molecular complexity index is 701. The molecule has 0 saturated carbocycles. The van der Waals surface area contributed by atoms with Crippen LogP contribution >= 0.6 is 0 Å². The van der Waals surface area contributed by atoms with Crippen molar-refractivity contribution in [3.05, 3.63) is 40.7 Å². The van der Waals surface area contributed by atoms with Crippen LogP contribution in [0.4, 0.5) is 0 Å². The molecule has 1 aliphatic rings. The summed E-state index contributed by atoms with van der Waals surface area (Å²) in [5.41, 5.74) is 4.80. The van der Waals surface area contributed by atoms with Crippen molar-refractivity contribution < 1.29 is 9.53 Å². The van der Waals surface area contributed by atoms with Gasteiger partial charge < -0.3 is 19.2 Å². The molecule has 0 aliphatic carbocycles. The number of methoxy groups -OCH3 is 1. The normalized spacial score (nSPS) is 17.6. The van der Waals surface area contributed by atoms with E-state index in [1.54, 1.807) is 7.11 Å². The van der Waals surface area contributed by atoms with Crippen molar-refractivity contribution in [3.8, 4) is 0 Å². The van der Waals surface area contributed by atoms with Crippen LogP contribution in [0.25, 0.3) is 0 Å². The van der Waals surface area contributed by atoms with E-state index >= 15 is 0 Å². The van der Waals surface area contributed by atoms with E-state index in [1.807, 2.05) is 42.8 Å². The Morgan fingerprint density at radius 1 is 1.50 bits per heavy atom. The van der Waals surface area contributed by atoms with Crippen LogP contribution in [0.1, 0.15) is 39.1 Å². The van der Waals surface area contributed by atoms with E-state index in [0.717, 1.165) is 22.6 Å². The first-order chi connectivity index (χ1) is 10.5. The predicted octanol–water partition coefficient (Wildman–Crippen LogP) is 1.75. The summed E-state index contributed by atoms with van der Waals surface area (Å²) in [5.74, 6) is 0.213. The number of rotatable bonds is 3. The molecule has 0 saturated heterocycles. The molecule has 0 bridgehead atoms. The van der Waals surface area contributed by atoms with Gasteiger partial charge in [-0.15, -0.1) is 0 Å². The molecule has 0 aromatic carbocycles. The highest BCUT2D eigenvalue weighted by Gasteiger charge is 2.32. The number of fused-ring (bicyclic) bond motifs is 1. The van der Waals surface area contributed by atoms with Crippen molar-refractivity contribution in [1.82, 2.24) is 19.4 Å². The first kappa shape index (κ1) is 14.8. The van der Waals surface area contributed by atoms with Gasteiger partial charge in [0, 0.05) is 43.7 Å². The Balaban J connectivity index is 1.90. The lowest BCUT2D eigenvalue weighted by Gasteiger charge is -2.32. The molecule has 1 unspecified atom stereocenters. The van der Waals surface area contributed by atoms with Gasteiger partial charge in [-0.05, 0) is 19.9 Å². The van der Waals surface area contributed by atoms with Crippen molar-refractivity contribution in [1.29, 1.82) is 0 Å². The number of hydrogen-bond acceptors (Lipinski definition) is 3. The van der Waals surface area contributed by atoms with Crippen LogP contribution in [0.5, 0.6) is 0 Å². The standard InChI is InChI=1S/C16H22N4O2/c1-10-5-13(11(2)18-10)16(21)20-6-12(8-22-4)15-14(7-20)17-9-19(15)3/h5,9,12,18H,6-8H2,1-4H3. The fourth-order valence-corrected chi connectivity index (χ4v) is 3.34. The first-order valence-electron chi connectivity index (χ1n) is 7.45. The maximum Gasteiger partial charge on any atom is 0.256 e. The summed E-state index contributed by atoms with van der Waals surface area (Å²) in [5, 5.41) is 0. The number of hydrogen-bond donors (Lipinski definition) is 1. The highest BCUT2D eigenvalue weighted by atomic mass is 16.5. The Morgan fingerprint density at radius 2 is 2.27 bits per heavy atom. The Labute approximate surface area is 130 Å². The highest BCUT2D eigenvalue weighted by Crippen LogP contribution is 2.29. The smallest absolute Gasteiger partial charge is 0.256 e. The number of aromatic nitrogens is 3. The summed E-state index contributed by atoms with van der Waals surface area (Å²) in [6.45, 7) is 5.69. The maximum atomic E-state index is 12.8. The highest BCUT2D eigenvalue weighted by molar-refractivity contribution is 5.95. The van der Waals surface area contributed by atoms with Crippen LogP contribution in [-0.4, -0.2) is 45.6 Å².